The third-order valence-electron chi connectivity index (χ3n) is 5.05. The highest BCUT2D eigenvalue weighted by molar-refractivity contribution is 5.67. The molecule has 0 saturated carbocycles. The van der Waals surface area contributed by atoms with Crippen molar-refractivity contribution in [2.24, 2.45) is 0 Å². The standard InChI is InChI=1S/C20H21FN2O6/c1-20(2)18(24)17(15-8-7-14(23(27)28)11-16(15)29-20)22(19(25)26)10-9-12-3-5-13(21)6-4-12/h3-8,11,17-18,24H,9-10H2,1-2H3,(H,25,26)/t17-,18?/m0/s1. The summed E-state index contributed by atoms with van der Waals surface area (Å²) in [4.78, 5) is 23.6. The summed E-state index contributed by atoms with van der Waals surface area (Å²) in [7, 11) is 0. The Morgan fingerprint density at radius 3 is 2.52 bits per heavy atom. The van der Waals surface area contributed by atoms with E-state index in [-0.39, 0.29) is 23.8 Å². The van der Waals surface area contributed by atoms with Crippen LogP contribution in [-0.4, -0.2) is 44.4 Å². The van der Waals surface area contributed by atoms with Gasteiger partial charge in [-0.3, -0.25) is 15.0 Å². The number of non-ortho nitro benzene ring substituents is 1. The predicted octanol–water partition coefficient (Wildman–Crippen LogP) is 3.53. The van der Waals surface area contributed by atoms with E-state index in [0.29, 0.717) is 12.0 Å². The normalized spacial score (nSPS) is 19.7. The molecule has 0 aliphatic carbocycles. The molecule has 0 radical (unpaired) electrons. The van der Waals surface area contributed by atoms with Crippen molar-refractivity contribution in [2.45, 2.75) is 38.0 Å². The lowest BCUT2D eigenvalue weighted by molar-refractivity contribution is -0.385. The highest BCUT2D eigenvalue weighted by Gasteiger charge is 2.47. The molecule has 2 N–H and O–H groups in total. The Morgan fingerprint density at radius 2 is 1.93 bits per heavy atom. The highest BCUT2D eigenvalue weighted by atomic mass is 19.1. The molecule has 2 atom stereocenters. The Morgan fingerprint density at radius 1 is 1.28 bits per heavy atom. The van der Waals surface area contributed by atoms with E-state index in [1.165, 1.54) is 30.3 Å². The third kappa shape index (κ3) is 4.14. The third-order valence-corrected chi connectivity index (χ3v) is 5.05. The van der Waals surface area contributed by atoms with Crippen LogP contribution in [0.1, 0.15) is 31.0 Å². The van der Waals surface area contributed by atoms with Crippen LogP contribution in [0.3, 0.4) is 0 Å². The van der Waals surface area contributed by atoms with Crippen molar-refractivity contribution < 1.29 is 29.1 Å². The first-order valence-electron chi connectivity index (χ1n) is 8.99. The first-order valence-corrected chi connectivity index (χ1v) is 8.99. The topological polar surface area (TPSA) is 113 Å². The van der Waals surface area contributed by atoms with Gasteiger partial charge in [0.1, 0.15) is 23.3 Å². The van der Waals surface area contributed by atoms with Gasteiger partial charge in [-0.15, -0.1) is 0 Å². The molecule has 0 spiro atoms. The number of carboxylic acid groups (broad SMARTS) is 1. The largest absolute Gasteiger partial charge is 0.484 e. The van der Waals surface area contributed by atoms with Gasteiger partial charge >= 0.3 is 6.09 Å². The summed E-state index contributed by atoms with van der Waals surface area (Å²) in [6.07, 6.45) is -2.15. The molecule has 1 aliphatic heterocycles. The second-order valence-corrected chi connectivity index (χ2v) is 7.43. The number of amides is 1. The smallest absolute Gasteiger partial charge is 0.407 e. The van der Waals surface area contributed by atoms with Gasteiger partial charge in [-0.25, -0.2) is 9.18 Å². The minimum atomic E-state index is -1.25. The molecular weight excluding hydrogens is 383 g/mol. The average molecular weight is 404 g/mol. The van der Waals surface area contributed by atoms with Crippen molar-refractivity contribution in [3.63, 3.8) is 0 Å². The quantitative estimate of drug-likeness (QED) is 0.582. The average Bonchev–Trinajstić information content (AvgIpc) is 2.65. The zero-order valence-corrected chi connectivity index (χ0v) is 15.9. The van der Waals surface area contributed by atoms with Crippen LogP contribution < -0.4 is 4.74 Å². The van der Waals surface area contributed by atoms with Crippen LogP contribution in [0.25, 0.3) is 0 Å². The summed E-state index contributed by atoms with van der Waals surface area (Å²) in [5.74, 6) is -0.228. The van der Waals surface area contributed by atoms with Gasteiger partial charge in [0.2, 0.25) is 0 Å². The van der Waals surface area contributed by atoms with Crippen LogP contribution in [0.5, 0.6) is 5.75 Å². The van der Waals surface area contributed by atoms with Gasteiger partial charge in [-0.2, -0.15) is 0 Å². The number of rotatable bonds is 5. The number of fused-ring (bicyclic) bond motifs is 1. The van der Waals surface area contributed by atoms with E-state index in [1.54, 1.807) is 26.0 Å². The number of halogens is 1. The van der Waals surface area contributed by atoms with E-state index >= 15 is 0 Å². The lowest BCUT2D eigenvalue weighted by Crippen LogP contribution is -2.54. The Bertz CT molecular complexity index is 931. The van der Waals surface area contributed by atoms with Gasteiger partial charge in [0, 0.05) is 18.2 Å². The Kier molecular flexibility index (Phi) is 5.43. The van der Waals surface area contributed by atoms with Crippen LogP contribution in [0.15, 0.2) is 42.5 Å². The second kappa shape index (κ2) is 7.67. The van der Waals surface area contributed by atoms with Crippen LogP contribution in [-0.2, 0) is 6.42 Å². The Hall–Kier alpha value is -3.20. The van der Waals surface area contributed by atoms with E-state index in [4.69, 9.17) is 4.74 Å². The number of benzene rings is 2. The van der Waals surface area contributed by atoms with Gasteiger partial charge < -0.3 is 14.9 Å². The molecular formula is C20H21FN2O6. The fourth-order valence-electron chi connectivity index (χ4n) is 3.46. The molecule has 0 aromatic heterocycles. The minimum Gasteiger partial charge on any atom is -0.484 e. The molecule has 2 aromatic rings. The van der Waals surface area contributed by atoms with Gasteiger partial charge in [0.05, 0.1) is 17.0 Å². The van der Waals surface area contributed by atoms with Crippen molar-refractivity contribution in [1.29, 1.82) is 0 Å². The van der Waals surface area contributed by atoms with Crippen LogP contribution >= 0.6 is 0 Å². The fourth-order valence-corrected chi connectivity index (χ4v) is 3.46. The molecule has 3 rings (SSSR count). The first kappa shape index (κ1) is 20.5. The summed E-state index contributed by atoms with van der Waals surface area (Å²) in [5, 5.41) is 31.8. The van der Waals surface area contributed by atoms with Gasteiger partial charge in [-0.05, 0) is 44.0 Å². The minimum absolute atomic E-state index is 0.0369. The molecule has 0 saturated heterocycles. The lowest BCUT2D eigenvalue weighted by atomic mass is 9.85. The van der Waals surface area contributed by atoms with E-state index in [0.717, 1.165) is 10.5 Å². The predicted molar refractivity (Wildman–Crippen MR) is 101 cm³/mol. The number of nitrogens with zero attached hydrogens (tertiary/aromatic N) is 2. The van der Waals surface area contributed by atoms with Crippen molar-refractivity contribution in [3.8, 4) is 5.75 Å². The SMILES string of the molecule is CC1(C)Oc2cc([N+](=O)[O-])ccc2[C@H](N(CCc2ccc(F)cc2)C(=O)O)C1O. The van der Waals surface area contributed by atoms with Crippen molar-refractivity contribution in [1.82, 2.24) is 4.90 Å². The van der Waals surface area contributed by atoms with Crippen molar-refractivity contribution >= 4 is 11.8 Å². The summed E-state index contributed by atoms with van der Waals surface area (Å²) in [5.41, 5.74) is -0.273. The molecule has 29 heavy (non-hydrogen) atoms. The number of aliphatic hydroxyl groups excluding tert-OH is 1. The van der Waals surface area contributed by atoms with Gasteiger partial charge in [0.25, 0.3) is 5.69 Å². The number of nitro groups is 1. The highest BCUT2D eigenvalue weighted by Crippen LogP contribution is 2.44. The van der Waals surface area contributed by atoms with Crippen molar-refractivity contribution in [3.05, 3.63) is 69.5 Å². The second-order valence-electron chi connectivity index (χ2n) is 7.43. The van der Waals surface area contributed by atoms with Crippen LogP contribution in [0.2, 0.25) is 0 Å². The summed E-state index contributed by atoms with van der Waals surface area (Å²) >= 11 is 0. The van der Waals surface area contributed by atoms with E-state index in [2.05, 4.69) is 0 Å². The monoisotopic (exact) mass is 404 g/mol. The number of ether oxygens (including phenoxy) is 1. The number of aliphatic hydroxyl groups is 1. The number of nitro benzene ring substituents is 1. The Balaban J connectivity index is 1.97. The molecule has 1 aliphatic rings. The van der Waals surface area contributed by atoms with E-state index < -0.39 is 28.8 Å². The molecule has 1 heterocycles. The zero-order chi connectivity index (χ0) is 21.3. The first-order chi connectivity index (χ1) is 13.6. The molecule has 9 heteroatoms. The molecule has 0 bridgehead atoms. The molecule has 0 fully saturated rings. The summed E-state index contributed by atoms with van der Waals surface area (Å²) in [6, 6.07) is 8.63. The number of carbonyl (C=O) groups is 1. The molecule has 8 nitrogen and oxygen atoms in total. The maximum Gasteiger partial charge on any atom is 0.407 e. The van der Waals surface area contributed by atoms with E-state index in [9.17, 15) is 29.5 Å². The fraction of sp³-hybridized carbons (Fsp3) is 0.350. The molecule has 1 amide bonds. The molecule has 154 valence electrons. The van der Waals surface area contributed by atoms with E-state index in [1.807, 2.05) is 0 Å². The maximum atomic E-state index is 13.1. The summed E-state index contributed by atoms with van der Waals surface area (Å²) < 4.78 is 18.8. The van der Waals surface area contributed by atoms with Crippen molar-refractivity contribution in [2.75, 3.05) is 6.54 Å². The molecule has 1 unspecified atom stereocenters. The van der Waals surface area contributed by atoms with Crippen LogP contribution in [0, 0.1) is 15.9 Å². The zero-order valence-electron chi connectivity index (χ0n) is 15.9. The molecule has 2 aromatic carbocycles. The van der Waals surface area contributed by atoms with Crippen LogP contribution in [0.4, 0.5) is 14.9 Å². The lowest BCUT2D eigenvalue weighted by Gasteiger charge is -2.45. The summed E-state index contributed by atoms with van der Waals surface area (Å²) in [6.45, 7) is 3.22. The maximum absolute atomic E-state index is 13.1. The number of hydrogen-bond donors (Lipinski definition) is 2. The van der Waals surface area contributed by atoms with Gasteiger partial charge in [0.15, 0.2) is 0 Å². The Labute approximate surface area is 166 Å². The van der Waals surface area contributed by atoms with Gasteiger partial charge in [-0.1, -0.05) is 12.1 Å². The number of hydrogen-bond acceptors (Lipinski definition) is 5.